The fraction of sp³-hybridized carbons (Fsp3) is 0.176. The number of likely N-dealkylation sites (tertiary alicyclic amines) is 1. The molecule has 206 valence electrons. The number of rotatable bonds is 7. The van der Waals surface area contributed by atoms with Gasteiger partial charge in [-0.15, -0.1) is 0 Å². The van der Waals surface area contributed by atoms with Gasteiger partial charge in [-0.25, -0.2) is 4.79 Å². The Kier molecular flexibility index (Phi) is 7.52. The molecule has 0 radical (unpaired) electrons. The number of nitrogens with zero attached hydrogens (tertiary/aromatic N) is 2. The number of piperidine rings is 1. The van der Waals surface area contributed by atoms with Crippen LogP contribution in [0.25, 0.3) is 11.3 Å². The zero-order valence-corrected chi connectivity index (χ0v) is 22.8. The molecule has 0 bridgehead atoms. The third-order valence-corrected chi connectivity index (χ3v) is 7.63. The van der Waals surface area contributed by atoms with E-state index in [0.717, 1.165) is 30.9 Å². The first-order valence-electron chi connectivity index (χ1n) is 14.1. The molecule has 0 unspecified atom stereocenters. The molecule has 4 aromatic carbocycles. The fourth-order valence-electron chi connectivity index (χ4n) is 5.62. The van der Waals surface area contributed by atoms with Crippen LogP contribution >= 0.6 is 0 Å². The summed E-state index contributed by atoms with van der Waals surface area (Å²) in [6, 6.07) is 32.3. The summed E-state index contributed by atoms with van der Waals surface area (Å²) in [7, 11) is 0. The molecule has 1 fully saturated rings. The number of amides is 3. The van der Waals surface area contributed by atoms with Gasteiger partial charge in [0.25, 0.3) is 5.91 Å². The number of hydrogen-bond donors (Lipinski definition) is 3. The van der Waals surface area contributed by atoms with Crippen molar-refractivity contribution >= 4 is 46.0 Å². The molecular formula is C34H33N5O2. The molecule has 0 aromatic heterocycles. The van der Waals surface area contributed by atoms with Crippen molar-refractivity contribution in [3.05, 3.63) is 120 Å². The zero-order chi connectivity index (χ0) is 28.2. The van der Waals surface area contributed by atoms with E-state index in [4.69, 9.17) is 5.73 Å². The van der Waals surface area contributed by atoms with Gasteiger partial charge in [0.1, 0.15) is 0 Å². The lowest BCUT2D eigenvalue weighted by molar-refractivity contribution is -0.110. The van der Waals surface area contributed by atoms with E-state index >= 15 is 0 Å². The molecule has 0 atom stereocenters. The van der Waals surface area contributed by atoms with Gasteiger partial charge >= 0.3 is 6.03 Å². The highest BCUT2D eigenvalue weighted by Crippen LogP contribution is 2.40. The Hall–Kier alpha value is -4.88. The second kappa shape index (κ2) is 11.7. The summed E-state index contributed by atoms with van der Waals surface area (Å²) < 4.78 is 0. The average molecular weight is 544 g/mol. The Morgan fingerprint density at radius 3 is 2.20 bits per heavy atom. The SMILES string of the molecule is NC(=O)N(c1ccccc1)c1ccc2c(c1)C(=C(Nc1ccc(CN3CCCCC3)cc1)c1ccccc1)C(=O)N2. The van der Waals surface area contributed by atoms with Gasteiger partial charge in [0.15, 0.2) is 0 Å². The number of para-hydroxylation sites is 1. The molecule has 7 heteroatoms. The predicted molar refractivity (Wildman–Crippen MR) is 166 cm³/mol. The maximum absolute atomic E-state index is 13.5. The number of carbonyl (C=O) groups is 2. The minimum absolute atomic E-state index is 0.212. The number of anilines is 4. The van der Waals surface area contributed by atoms with Gasteiger partial charge in [0.2, 0.25) is 0 Å². The van der Waals surface area contributed by atoms with Crippen molar-refractivity contribution in [3.63, 3.8) is 0 Å². The average Bonchev–Trinajstić information content (AvgIpc) is 3.33. The normalized spacial score (nSPS) is 16.0. The molecule has 0 aliphatic carbocycles. The molecule has 6 rings (SSSR count). The van der Waals surface area contributed by atoms with Crippen molar-refractivity contribution in [2.24, 2.45) is 5.73 Å². The lowest BCUT2D eigenvalue weighted by Crippen LogP contribution is -2.31. The first-order chi connectivity index (χ1) is 20.1. The van der Waals surface area contributed by atoms with Gasteiger partial charge in [0.05, 0.1) is 22.6 Å². The van der Waals surface area contributed by atoms with Gasteiger partial charge in [0, 0.05) is 23.5 Å². The van der Waals surface area contributed by atoms with Crippen LogP contribution in [0, 0.1) is 0 Å². The minimum atomic E-state index is -0.606. The predicted octanol–water partition coefficient (Wildman–Crippen LogP) is 6.82. The molecule has 41 heavy (non-hydrogen) atoms. The molecule has 4 N–H and O–H groups in total. The molecule has 2 aliphatic heterocycles. The molecule has 2 heterocycles. The first kappa shape index (κ1) is 26.3. The van der Waals surface area contributed by atoms with Crippen LogP contribution in [0.1, 0.15) is 36.0 Å². The van der Waals surface area contributed by atoms with Crippen LogP contribution in [-0.2, 0) is 11.3 Å². The third-order valence-electron chi connectivity index (χ3n) is 7.63. The Labute approximate surface area is 240 Å². The highest BCUT2D eigenvalue weighted by molar-refractivity contribution is 6.37. The van der Waals surface area contributed by atoms with Gasteiger partial charge in [-0.05, 0) is 79.5 Å². The van der Waals surface area contributed by atoms with Crippen LogP contribution in [0.2, 0.25) is 0 Å². The lowest BCUT2D eigenvalue weighted by atomic mass is 9.99. The summed E-state index contributed by atoms with van der Waals surface area (Å²) >= 11 is 0. The number of nitrogens with two attached hydrogens (primary N) is 1. The molecule has 2 aliphatic rings. The van der Waals surface area contributed by atoms with Crippen molar-refractivity contribution < 1.29 is 9.59 Å². The number of fused-ring (bicyclic) bond motifs is 1. The topological polar surface area (TPSA) is 90.7 Å². The van der Waals surface area contributed by atoms with Crippen molar-refractivity contribution in [2.45, 2.75) is 25.8 Å². The summed E-state index contributed by atoms with van der Waals surface area (Å²) in [6.45, 7) is 3.25. The van der Waals surface area contributed by atoms with Gasteiger partial charge < -0.3 is 16.4 Å². The van der Waals surface area contributed by atoms with Crippen molar-refractivity contribution in [3.8, 4) is 0 Å². The highest BCUT2D eigenvalue weighted by Gasteiger charge is 2.30. The second-order valence-electron chi connectivity index (χ2n) is 10.5. The zero-order valence-electron chi connectivity index (χ0n) is 22.8. The van der Waals surface area contributed by atoms with Crippen LogP contribution in [0.4, 0.5) is 27.5 Å². The number of carbonyl (C=O) groups excluding carboxylic acids is 2. The number of benzene rings is 4. The van der Waals surface area contributed by atoms with E-state index in [1.165, 1.54) is 29.7 Å². The van der Waals surface area contributed by atoms with E-state index in [2.05, 4.69) is 39.8 Å². The Morgan fingerprint density at radius 2 is 1.51 bits per heavy atom. The quantitative estimate of drug-likeness (QED) is 0.223. The van der Waals surface area contributed by atoms with Gasteiger partial charge in [-0.1, -0.05) is 67.1 Å². The van der Waals surface area contributed by atoms with Crippen molar-refractivity contribution in [1.29, 1.82) is 0 Å². The van der Waals surface area contributed by atoms with Crippen LogP contribution in [0.15, 0.2) is 103 Å². The maximum Gasteiger partial charge on any atom is 0.323 e. The van der Waals surface area contributed by atoms with Crippen LogP contribution < -0.4 is 21.3 Å². The summed E-state index contributed by atoms with van der Waals surface area (Å²) in [5.41, 5.74) is 12.6. The molecule has 3 amide bonds. The standard InChI is InChI=1S/C34H33N5O2/c35-34(41)39(27-12-6-2-7-13-27)28-18-19-30-29(22-28)31(33(40)37-30)32(25-10-4-1-5-11-25)36-26-16-14-24(15-17-26)23-38-20-8-3-9-21-38/h1-2,4-7,10-19,22,36H,3,8-9,20-21,23H2,(H2,35,41)(H,37,40). The largest absolute Gasteiger partial charge is 0.354 e. The van der Waals surface area contributed by atoms with E-state index in [-0.39, 0.29) is 5.91 Å². The van der Waals surface area contributed by atoms with Crippen LogP contribution in [-0.4, -0.2) is 29.9 Å². The van der Waals surface area contributed by atoms with E-state index in [9.17, 15) is 9.59 Å². The maximum atomic E-state index is 13.5. The van der Waals surface area contributed by atoms with Gasteiger partial charge in [-0.3, -0.25) is 14.6 Å². The first-order valence-corrected chi connectivity index (χ1v) is 14.1. The lowest BCUT2D eigenvalue weighted by Gasteiger charge is -2.26. The summed E-state index contributed by atoms with van der Waals surface area (Å²) in [4.78, 5) is 30.0. The number of primary amides is 1. The smallest absolute Gasteiger partial charge is 0.323 e. The third kappa shape index (κ3) is 5.71. The van der Waals surface area contributed by atoms with Crippen LogP contribution in [0.3, 0.4) is 0 Å². The number of nitrogens with one attached hydrogen (secondary N) is 2. The number of hydrogen-bond acceptors (Lipinski definition) is 4. The minimum Gasteiger partial charge on any atom is -0.354 e. The molecule has 1 saturated heterocycles. The van der Waals surface area contributed by atoms with Crippen LogP contribution in [0.5, 0.6) is 0 Å². The second-order valence-corrected chi connectivity index (χ2v) is 10.5. The molecule has 0 saturated carbocycles. The Morgan fingerprint density at radius 1 is 0.829 bits per heavy atom. The Bertz CT molecular complexity index is 1580. The summed E-state index contributed by atoms with van der Waals surface area (Å²) in [6.07, 6.45) is 3.85. The fourth-order valence-corrected chi connectivity index (χ4v) is 5.62. The molecular weight excluding hydrogens is 510 g/mol. The van der Waals surface area contributed by atoms with E-state index in [1.54, 1.807) is 6.07 Å². The highest BCUT2D eigenvalue weighted by atomic mass is 16.2. The molecule has 4 aromatic rings. The monoisotopic (exact) mass is 543 g/mol. The molecule has 7 nitrogen and oxygen atoms in total. The summed E-state index contributed by atoms with van der Waals surface area (Å²) in [5.74, 6) is -0.212. The van der Waals surface area contributed by atoms with E-state index in [0.29, 0.717) is 33.9 Å². The van der Waals surface area contributed by atoms with Gasteiger partial charge in [-0.2, -0.15) is 0 Å². The van der Waals surface area contributed by atoms with Crippen molar-refractivity contribution in [2.75, 3.05) is 28.6 Å². The molecule has 0 spiro atoms. The van der Waals surface area contributed by atoms with E-state index < -0.39 is 6.03 Å². The Balaban J connectivity index is 1.38. The summed E-state index contributed by atoms with van der Waals surface area (Å²) in [5, 5.41) is 6.54. The van der Waals surface area contributed by atoms with E-state index in [1.807, 2.05) is 72.8 Å². The number of urea groups is 1. The van der Waals surface area contributed by atoms with Crippen molar-refractivity contribution in [1.82, 2.24) is 4.90 Å².